The molecule has 5 heterocycles. The summed E-state index contributed by atoms with van der Waals surface area (Å²) in [6.07, 6.45) is 6.94. The number of hydrogen-bond donors (Lipinski definition) is 2. The van der Waals surface area contributed by atoms with Gasteiger partial charge >= 0.3 is 0 Å². The molecule has 148 valence electrons. The second-order valence-corrected chi connectivity index (χ2v) is 8.28. The molecule has 5 rings (SSSR count). The zero-order chi connectivity index (χ0) is 19.1. The van der Waals surface area contributed by atoms with Crippen molar-refractivity contribution < 1.29 is 4.39 Å². The van der Waals surface area contributed by atoms with Crippen LogP contribution in [-0.4, -0.2) is 53.2 Å². The van der Waals surface area contributed by atoms with Gasteiger partial charge in [-0.1, -0.05) is 6.92 Å². The highest BCUT2D eigenvalue weighted by molar-refractivity contribution is 5.57. The fourth-order valence-corrected chi connectivity index (χ4v) is 4.56. The third-order valence-electron chi connectivity index (χ3n) is 5.98. The van der Waals surface area contributed by atoms with Crippen molar-refractivity contribution in [3.8, 4) is 0 Å². The number of rotatable bonds is 4. The maximum absolute atomic E-state index is 14.6. The summed E-state index contributed by atoms with van der Waals surface area (Å²) in [5.74, 6) is 2.07. The molecular weight excluding hydrogens is 357 g/mol. The lowest BCUT2D eigenvalue weighted by molar-refractivity contribution is 0.463. The molecule has 28 heavy (non-hydrogen) atoms. The number of halogens is 1. The van der Waals surface area contributed by atoms with Crippen LogP contribution in [0.25, 0.3) is 0 Å². The second kappa shape index (κ2) is 7.16. The van der Waals surface area contributed by atoms with E-state index in [9.17, 15) is 4.39 Å². The average Bonchev–Trinajstić information content (AvgIpc) is 3.27. The molecule has 3 atom stereocenters. The number of fused-ring (bicyclic) bond motifs is 2. The van der Waals surface area contributed by atoms with E-state index >= 15 is 0 Å². The van der Waals surface area contributed by atoms with Gasteiger partial charge in [-0.3, -0.25) is 0 Å². The van der Waals surface area contributed by atoms with Crippen LogP contribution in [0, 0.1) is 11.7 Å². The summed E-state index contributed by atoms with van der Waals surface area (Å²) in [7, 11) is 0. The first-order valence-electron chi connectivity index (χ1n) is 10.2. The monoisotopic (exact) mass is 383 g/mol. The molecule has 0 radical (unpaired) electrons. The largest absolute Gasteiger partial charge is 0.354 e. The molecular formula is C20H26FN7. The van der Waals surface area contributed by atoms with Gasteiger partial charge in [-0.05, 0) is 31.2 Å². The molecule has 0 aromatic carbocycles. The van der Waals surface area contributed by atoms with Crippen LogP contribution in [0.2, 0.25) is 0 Å². The molecule has 1 unspecified atom stereocenters. The van der Waals surface area contributed by atoms with Crippen molar-refractivity contribution in [1.82, 2.24) is 20.3 Å². The van der Waals surface area contributed by atoms with Crippen LogP contribution in [0.15, 0.2) is 24.5 Å². The first-order valence-corrected chi connectivity index (χ1v) is 10.2. The Hall–Kier alpha value is -2.48. The quantitative estimate of drug-likeness (QED) is 0.841. The van der Waals surface area contributed by atoms with Crippen LogP contribution in [0.1, 0.15) is 26.2 Å². The zero-order valence-electron chi connectivity index (χ0n) is 16.1. The molecule has 3 fully saturated rings. The van der Waals surface area contributed by atoms with Gasteiger partial charge in [0.05, 0.1) is 11.9 Å². The Balaban J connectivity index is 1.30. The SMILES string of the molecule is C[C@@H]1CCN(c2ncc(Nc3nccc(N4CC5CC[C@H](C4)N5)n3)cc2F)C1. The maximum atomic E-state index is 14.6. The molecule has 2 N–H and O–H groups in total. The number of aromatic nitrogens is 3. The van der Waals surface area contributed by atoms with E-state index in [2.05, 4.69) is 37.4 Å². The molecule has 3 saturated heterocycles. The molecule has 2 aromatic rings. The topological polar surface area (TPSA) is 69.2 Å². The molecule has 0 aliphatic carbocycles. The van der Waals surface area contributed by atoms with Gasteiger partial charge in [-0.2, -0.15) is 4.98 Å². The predicted molar refractivity (Wildman–Crippen MR) is 108 cm³/mol. The Morgan fingerprint density at radius 3 is 2.64 bits per heavy atom. The number of anilines is 4. The molecule has 2 bridgehead atoms. The van der Waals surface area contributed by atoms with Crippen molar-refractivity contribution in [1.29, 1.82) is 0 Å². The molecule has 2 aromatic heterocycles. The maximum Gasteiger partial charge on any atom is 0.229 e. The van der Waals surface area contributed by atoms with E-state index in [1.165, 1.54) is 18.9 Å². The second-order valence-electron chi connectivity index (χ2n) is 8.28. The van der Waals surface area contributed by atoms with Gasteiger partial charge in [0, 0.05) is 50.5 Å². The summed E-state index contributed by atoms with van der Waals surface area (Å²) in [6, 6.07) is 4.51. The molecule has 8 heteroatoms. The minimum absolute atomic E-state index is 0.311. The zero-order valence-corrected chi connectivity index (χ0v) is 16.1. The van der Waals surface area contributed by atoms with Gasteiger partial charge in [0.25, 0.3) is 0 Å². The molecule has 3 aliphatic rings. The third-order valence-corrected chi connectivity index (χ3v) is 5.98. The Morgan fingerprint density at radius 1 is 1.11 bits per heavy atom. The first-order chi connectivity index (χ1) is 13.6. The number of piperazine rings is 1. The van der Waals surface area contributed by atoms with Crippen molar-refractivity contribution in [3.05, 3.63) is 30.3 Å². The van der Waals surface area contributed by atoms with E-state index in [4.69, 9.17) is 0 Å². The van der Waals surface area contributed by atoms with Crippen LogP contribution >= 0.6 is 0 Å². The van der Waals surface area contributed by atoms with E-state index in [0.717, 1.165) is 38.4 Å². The number of nitrogens with one attached hydrogen (secondary N) is 2. The smallest absolute Gasteiger partial charge is 0.229 e. The molecule has 3 aliphatic heterocycles. The van der Waals surface area contributed by atoms with Gasteiger partial charge in [-0.15, -0.1) is 0 Å². The Kier molecular flexibility index (Phi) is 4.50. The van der Waals surface area contributed by atoms with E-state index in [-0.39, 0.29) is 5.82 Å². The van der Waals surface area contributed by atoms with E-state index in [1.807, 2.05) is 11.0 Å². The van der Waals surface area contributed by atoms with Crippen LogP contribution < -0.4 is 20.4 Å². The molecule has 7 nitrogen and oxygen atoms in total. The molecule has 0 amide bonds. The summed E-state index contributed by atoms with van der Waals surface area (Å²) >= 11 is 0. The van der Waals surface area contributed by atoms with Crippen molar-refractivity contribution in [3.63, 3.8) is 0 Å². The van der Waals surface area contributed by atoms with E-state index < -0.39 is 0 Å². The van der Waals surface area contributed by atoms with E-state index in [1.54, 1.807) is 12.4 Å². The van der Waals surface area contributed by atoms with Crippen LogP contribution in [0.5, 0.6) is 0 Å². The average molecular weight is 383 g/mol. The lowest BCUT2D eigenvalue weighted by Crippen LogP contribution is -2.51. The van der Waals surface area contributed by atoms with Crippen molar-refractivity contribution in [2.45, 2.75) is 38.3 Å². The van der Waals surface area contributed by atoms with Gasteiger partial charge < -0.3 is 20.4 Å². The highest BCUT2D eigenvalue weighted by Gasteiger charge is 2.32. The fraction of sp³-hybridized carbons (Fsp3) is 0.550. The van der Waals surface area contributed by atoms with Crippen molar-refractivity contribution >= 4 is 23.3 Å². The number of pyridine rings is 1. The highest BCUT2D eigenvalue weighted by Crippen LogP contribution is 2.27. The minimum Gasteiger partial charge on any atom is -0.354 e. The molecule has 0 spiro atoms. The Bertz CT molecular complexity index is 848. The summed E-state index contributed by atoms with van der Waals surface area (Å²) in [4.78, 5) is 17.6. The van der Waals surface area contributed by atoms with Gasteiger partial charge in [0.15, 0.2) is 11.6 Å². The lowest BCUT2D eigenvalue weighted by Gasteiger charge is -2.33. The fourth-order valence-electron chi connectivity index (χ4n) is 4.56. The van der Waals surface area contributed by atoms with Crippen LogP contribution in [0.4, 0.5) is 27.7 Å². The van der Waals surface area contributed by atoms with Crippen molar-refractivity contribution in [2.75, 3.05) is 41.3 Å². The van der Waals surface area contributed by atoms with Crippen LogP contribution in [-0.2, 0) is 0 Å². The Labute approximate surface area is 164 Å². The number of nitrogens with zero attached hydrogens (tertiary/aromatic N) is 5. The van der Waals surface area contributed by atoms with Gasteiger partial charge in [0.1, 0.15) is 5.82 Å². The summed E-state index contributed by atoms with van der Waals surface area (Å²) in [6.45, 7) is 5.82. The first kappa shape index (κ1) is 17.6. The summed E-state index contributed by atoms with van der Waals surface area (Å²) in [5.41, 5.74) is 0.561. The predicted octanol–water partition coefficient (Wildman–Crippen LogP) is 2.54. The van der Waals surface area contributed by atoms with Gasteiger partial charge in [0.2, 0.25) is 5.95 Å². The lowest BCUT2D eigenvalue weighted by atomic mass is 10.2. The normalized spacial score (nSPS) is 26.7. The highest BCUT2D eigenvalue weighted by atomic mass is 19.1. The Morgan fingerprint density at radius 2 is 1.93 bits per heavy atom. The summed E-state index contributed by atoms with van der Waals surface area (Å²) < 4.78 is 14.6. The third kappa shape index (κ3) is 3.48. The van der Waals surface area contributed by atoms with Gasteiger partial charge in [-0.25, -0.2) is 14.4 Å². The van der Waals surface area contributed by atoms with Crippen LogP contribution in [0.3, 0.4) is 0 Å². The number of hydrogen-bond acceptors (Lipinski definition) is 7. The molecule has 0 saturated carbocycles. The standard InChI is InChI=1S/C20H26FN7/c1-13-5-7-27(10-13)19-17(21)8-16(9-23-19)25-20-22-6-4-18(26-20)28-11-14-2-3-15(12-28)24-14/h4,6,8-9,13-15,24H,2-3,5,7,10-12H2,1H3,(H,22,25,26)/t13-,14-,15?/m1/s1. The minimum atomic E-state index is -0.311. The van der Waals surface area contributed by atoms with E-state index in [0.29, 0.717) is 35.5 Å². The van der Waals surface area contributed by atoms with Crippen molar-refractivity contribution in [2.24, 2.45) is 5.92 Å². The summed E-state index contributed by atoms with van der Waals surface area (Å²) in [5, 5.41) is 6.73.